The third kappa shape index (κ3) is 2.00. The molecular weight excluding hydrogens is 168 g/mol. The van der Waals surface area contributed by atoms with E-state index < -0.39 is 5.60 Å². The van der Waals surface area contributed by atoms with E-state index in [0.717, 1.165) is 13.1 Å². The van der Waals surface area contributed by atoms with Gasteiger partial charge in [0.2, 0.25) is 0 Å². The predicted octanol–water partition coefficient (Wildman–Crippen LogP) is -0.171. The van der Waals surface area contributed by atoms with Gasteiger partial charge in [0.15, 0.2) is 0 Å². The van der Waals surface area contributed by atoms with Gasteiger partial charge < -0.3 is 15.4 Å². The lowest BCUT2D eigenvalue weighted by atomic mass is 9.97. The molecule has 1 aliphatic rings. The van der Waals surface area contributed by atoms with Crippen molar-refractivity contribution in [3.63, 3.8) is 0 Å². The monoisotopic (exact) mass is 186 g/mol. The van der Waals surface area contributed by atoms with E-state index in [9.17, 15) is 4.79 Å². The van der Waals surface area contributed by atoms with E-state index in [1.807, 2.05) is 0 Å². The molecule has 4 nitrogen and oxygen atoms in total. The summed E-state index contributed by atoms with van der Waals surface area (Å²) in [5, 5.41) is 0. The lowest BCUT2D eigenvalue weighted by molar-refractivity contribution is -0.157. The second-order valence-corrected chi connectivity index (χ2v) is 4.03. The third-order valence-electron chi connectivity index (χ3n) is 2.60. The first kappa shape index (κ1) is 10.5. The number of rotatable bonds is 3. The molecule has 1 heterocycles. The van der Waals surface area contributed by atoms with E-state index in [2.05, 4.69) is 0 Å². The number of ether oxygens (including phenoxy) is 1. The second kappa shape index (κ2) is 3.64. The van der Waals surface area contributed by atoms with E-state index in [4.69, 9.17) is 10.5 Å². The Morgan fingerprint density at radius 2 is 2.15 bits per heavy atom. The molecule has 76 valence electrons. The Hall–Kier alpha value is -0.610. The Labute approximate surface area is 79.0 Å². The molecular formula is C9H18N2O2. The fourth-order valence-electron chi connectivity index (χ4n) is 1.35. The quantitative estimate of drug-likeness (QED) is 0.665. The zero-order valence-electron chi connectivity index (χ0n) is 8.54. The van der Waals surface area contributed by atoms with Crippen molar-refractivity contribution in [2.45, 2.75) is 19.4 Å². The Kier molecular flexibility index (Phi) is 2.93. The van der Waals surface area contributed by atoms with Crippen molar-refractivity contribution < 1.29 is 9.53 Å². The first-order valence-electron chi connectivity index (χ1n) is 4.56. The Balaban J connectivity index is 2.43. The molecule has 13 heavy (non-hydrogen) atoms. The molecule has 4 heteroatoms. The van der Waals surface area contributed by atoms with Gasteiger partial charge in [0.1, 0.15) is 5.60 Å². The van der Waals surface area contributed by atoms with E-state index in [1.165, 1.54) is 0 Å². The van der Waals surface area contributed by atoms with Crippen LogP contribution in [0.2, 0.25) is 0 Å². The molecule has 1 saturated heterocycles. The lowest BCUT2D eigenvalue weighted by Gasteiger charge is -2.42. The van der Waals surface area contributed by atoms with Crippen molar-refractivity contribution in [1.29, 1.82) is 0 Å². The highest BCUT2D eigenvalue weighted by atomic mass is 16.5. The van der Waals surface area contributed by atoms with Crippen molar-refractivity contribution in [3.8, 4) is 0 Å². The standard InChI is InChI=1S/C9H18N2O2/c1-9(2,13-3)8(12)11-5-7(4-10)6-11/h7H,4-6,10H2,1-3H3. The normalized spacial score (nSPS) is 18.6. The van der Waals surface area contributed by atoms with Crippen molar-refractivity contribution in [2.75, 3.05) is 26.7 Å². The maximum atomic E-state index is 11.7. The van der Waals surface area contributed by atoms with Gasteiger partial charge in [-0.3, -0.25) is 4.79 Å². The molecule has 2 N–H and O–H groups in total. The van der Waals surface area contributed by atoms with Gasteiger partial charge in [-0.1, -0.05) is 0 Å². The molecule has 0 aliphatic carbocycles. The van der Waals surface area contributed by atoms with Crippen LogP contribution in [0.1, 0.15) is 13.8 Å². The molecule has 0 bridgehead atoms. The van der Waals surface area contributed by atoms with Gasteiger partial charge in [-0.25, -0.2) is 0 Å². The van der Waals surface area contributed by atoms with Crippen molar-refractivity contribution >= 4 is 5.91 Å². The number of carbonyl (C=O) groups excluding carboxylic acids is 1. The summed E-state index contributed by atoms with van der Waals surface area (Å²) in [6, 6.07) is 0. The van der Waals surface area contributed by atoms with Gasteiger partial charge in [-0.2, -0.15) is 0 Å². The summed E-state index contributed by atoms with van der Waals surface area (Å²) >= 11 is 0. The highest BCUT2D eigenvalue weighted by Gasteiger charge is 2.38. The summed E-state index contributed by atoms with van der Waals surface area (Å²) in [5.41, 5.74) is 4.77. The number of hydrogen-bond acceptors (Lipinski definition) is 3. The van der Waals surface area contributed by atoms with E-state index >= 15 is 0 Å². The molecule has 0 radical (unpaired) electrons. The Bertz CT molecular complexity index is 198. The number of likely N-dealkylation sites (tertiary alicyclic amines) is 1. The van der Waals surface area contributed by atoms with Crippen LogP contribution in [0.25, 0.3) is 0 Å². The van der Waals surface area contributed by atoms with Crippen LogP contribution in [0.5, 0.6) is 0 Å². The molecule has 1 fully saturated rings. The van der Waals surface area contributed by atoms with Gasteiger partial charge in [0.25, 0.3) is 5.91 Å². The van der Waals surface area contributed by atoms with E-state index in [-0.39, 0.29) is 5.91 Å². The smallest absolute Gasteiger partial charge is 0.254 e. The van der Waals surface area contributed by atoms with E-state index in [1.54, 1.807) is 25.9 Å². The molecule has 0 spiro atoms. The van der Waals surface area contributed by atoms with Crippen LogP contribution >= 0.6 is 0 Å². The number of methoxy groups -OCH3 is 1. The SMILES string of the molecule is COC(C)(C)C(=O)N1CC(CN)C1. The maximum absolute atomic E-state index is 11.7. The fourth-order valence-corrected chi connectivity index (χ4v) is 1.35. The zero-order valence-corrected chi connectivity index (χ0v) is 8.54. The molecule has 0 saturated carbocycles. The first-order chi connectivity index (χ1) is 6.01. The zero-order chi connectivity index (χ0) is 10.1. The topological polar surface area (TPSA) is 55.6 Å². The molecule has 0 unspecified atom stereocenters. The minimum atomic E-state index is -0.695. The summed E-state index contributed by atoms with van der Waals surface area (Å²) in [6.07, 6.45) is 0. The second-order valence-electron chi connectivity index (χ2n) is 4.03. The van der Waals surface area contributed by atoms with Crippen LogP contribution in [-0.2, 0) is 9.53 Å². The molecule has 0 aromatic heterocycles. The molecule has 0 atom stereocenters. The van der Waals surface area contributed by atoms with Gasteiger partial charge in [0.05, 0.1) is 0 Å². The third-order valence-corrected chi connectivity index (χ3v) is 2.60. The number of amides is 1. The summed E-state index contributed by atoms with van der Waals surface area (Å²) in [4.78, 5) is 13.5. The molecule has 1 amide bonds. The fraction of sp³-hybridized carbons (Fsp3) is 0.889. The van der Waals surface area contributed by atoms with Crippen LogP contribution in [-0.4, -0.2) is 43.2 Å². The van der Waals surface area contributed by atoms with Crippen LogP contribution in [0.4, 0.5) is 0 Å². The first-order valence-corrected chi connectivity index (χ1v) is 4.56. The Morgan fingerprint density at radius 1 is 1.62 bits per heavy atom. The summed E-state index contributed by atoms with van der Waals surface area (Å²) in [7, 11) is 1.55. The largest absolute Gasteiger partial charge is 0.369 e. The summed E-state index contributed by atoms with van der Waals surface area (Å²) in [5.74, 6) is 0.538. The average molecular weight is 186 g/mol. The summed E-state index contributed by atoms with van der Waals surface area (Å²) < 4.78 is 5.10. The Morgan fingerprint density at radius 3 is 2.54 bits per heavy atom. The number of nitrogens with two attached hydrogens (primary N) is 1. The summed E-state index contributed by atoms with van der Waals surface area (Å²) in [6.45, 7) is 5.79. The van der Waals surface area contributed by atoms with E-state index in [0.29, 0.717) is 12.5 Å². The highest BCUT2D eigenvalue weighted by Crippen LogP contribution is 2.20. The van der Waals surface area contributed by atoms with Crippen LogP contribution < -0.4 is 5.73 Å². The van der Waals surface area contributed by atoms with Crippen LogP contribution in [0.3, 0.4) is 0 Å². The number of carbonyl (C=O) groups is 1. The number of nitrogens with zero attached hydrogens (tertiary/aromatic N) is 1. The van der Waals surface area contributed by atoms with Crippen molar-refractivity contribution in [2.24, 2.45) is 11.7 Å². The van der Waals surface area contributed by atoms with Crippen LogP contribution in [0.15, 0.2) is 0 Å². The minimum Gasteiger partial charge on any atom is -0.369 e. The molecule has 0 aromatic rings. The number of hydrogen-bond donors (Lipinski definition) is 1. The molecule has 0 aromatic carbocycles. The van der Waals surface area contributed by atoms with Crippen molar-refractivity contribution in [3.05, 3.63) is 0 Å². The van der Waals surface area contributed by atoms with Gasteiger partial charge in [-0.15, -0.1) is 0 Å². The molecule has 1 rings (SSSR count). The van der Waals surface area contributed by atoms with Crippen molar-refractivity contribution in [1.82, 2.24) is 4.90 Å². The lowest BCUT2D eigenvalue weighted by Crippen LogP contribution is -2.58. The maximum Gasteiger partial charge on any atom is 0.254 e. The van der Waals surface area contributed by atoms with Gasteiger partial charge in [0, 0.05) is 26.1 Å². The van der Waals surface area contributed by atoms with Gasteiger partial charge in [-0.05, 0) is 20.4 Å². The highest BCUT2D eigenvalue weighted by molar-refractivity contribution is 5.85. The van der Waals surface area contributed by atoms with Crippen LogP contribution in [0, 0.1) is 5.92 Å². The predicted molar refractivity (Wildman–Crippen MR) is 50.2 cm³/mol. The average Bonchev–Trinajstić information content (AvgIpc) is 2.02. The van der Waals surface area contributed by atoms with Gasteiger partial charge >= 0.3 is 0 Å². The minimum absolute atomic E-state index is 0.0553. The molecule has 1 aliphatic heterocycles.